The summed E-state index contributed by atoms with van der Waals surface area (Å²) in [4.78, 5) is 0. The molecule has 18 heavy (non-hydrogen) atoms. The van der Waals surface area contributed by atoms with E-state index in [-0.39, 0.29) is 12.0 Å². The van der Waals surface area contributed by atoms with Gasteiger partial charge in [-0.3, -0.25) is 0 Å². The smallest absolute Gasteiger partial charge is 0.161 e. The number of aliphatic hydroxyl groups is 1. The summed E-state index contributed by atoms with van der Waals surface area (Å²) >= 11 is 0. The molecule has 1 aromatic carbocycles. The molecule has 0 spiro atoms. The third kappa shape index (κ3) is 4.94. The molecule has 1 unspecified atom stereocenters. The number of nitrogens with one attached hydrogen (secondary N) is 1. The Morgan fingerprint density at radius 1 is 1.22 bits per heavy atom. The normalized spacial score (nSPS) is 12.5. The highest BCUT2D eigenvalue weighted by atomic mass is 16.5. The van der Waals surface area contributed by atoms with E-state index in [9.17, 15) is 5.11 Å². The van der Waals surface area contributed by atoms with Crippen LogP contribution in [0.1, 0.15) is 13.8 Å². The standard InChI is InChI=1S/C14H23NO3/c1-11(2)12(16)10-15-8-9-18-14-7-5-4-6-13(14)17-3/h4-7,11-12,15-16H,8-10H2,1-3H3. The Morgan fingerprint density at radius 2 is 1.89 bits per heavy atom. The fraction of sp³-hybridized carbons (Fsp3) is 0.571. The molecule has 0 heterocycles. The Hall–Kier alpha value is -1.26. The first-order valence-corrected chi connectivity index (χ1v) is 6.29. The first-order chi connectivity index (χ1) is 8.65. The molecule has 1 aromatic rings. The molecule has 1 atom stereocenters. The molecule has 0 saturated carbocycles. The van der Waals surface area contributed by atoms with Gasteiger partial charge in [-0.2, -0.15) is 0 Å². The Kier molecular flexibility index (Phi) is 6.54. The summed E-state index contributed by atoms with van der Waals surface area (Å²) in [6.45, 7) is 5.83. The zero-order valence-electron chi connectivity index (χ0n) is 11.3. The first-order valence-electron chi connectivity index (χ1n) is 6.29. The summed E-state index contributed by atoms with van der Waals surface area (Å²) in [6, 6.07) is 7.56. The maximum Gasteiger partial charge on any atom is 0.161 e. The van der Waals surface area contributed by atoms with Gasteiger partial charge in [0, 0.05) is 13.1 Å². The predicted octanol–water partition coefficient (Wildman–Crippen LogP) is 1.68. The Bertz CT molecular complexity index is 342. The van der Waals surface area contributed by atoms with E-state index in [1.165, 1.54) is 0 Å². The van der Waals surface area contributed by atoms with E-state index in [2.05, 4.69) is 5.32 Å². The van der Waals surface area contributed by atoms with E-state index >= 15 is 0 Å². The van der Waals surface area contributed by atoms with Crippen LogP contribution < -0.4 is 14.8 Å². The summed E-state index contributed by atoms with van der Waals surface area (Å²) in [7, 11) is 1.62. The molecule has 0 aliphatic heterocycles. The average Bonchev–Trinajstić information content (AvgIpc) is 2.38. The van der Waals surface area contributed by atoms with Gasteiger partial charge in [0.05, 0.1) is 13.2 Å². The molecule has 1 rings (SSSR count). The van der Waals surface area contributed by atoms with Gasteiger partial charge < -0.3 is 19.9 Å². The lowest BCUT2D eigenvalue weighted by Gasteiger charge is -2.15. The molecule has 4 heteroatoms. The van der Waals surface area contributed by atoms with Crippen LogP contribution in [0.2, 0.25) is 0 Å². The van der Waals surface area contributed by atoms with E-state index in [0.29, 0.717) is 19.7 Å². The van der Waals surface area contributed by atoms with Crippen LogP contribution in [0.5, 0.6) is 11.5 Å². The molecule has 0 radical (unpaired) electrons. The lowest BCUT2D eigenvalue weighted by molar-refractivity contribution is 0.122. The van der Waals surface area contributed by atoms with E-state index in [0.717, 1.165) is 11.5 Å². The minimum absolute atomic E-state index is 0.271. The lowest BCUT2D eigenvalue weighted by Crippen LogP contribution is -2.33. The summed E-state index contributed by atoms with van der Waals surface area (Å²) in [6.07, 6.45) is -0.309. The van der Waals surface area contributed by atoms with Gasteiger partial charge in [-0.05, 0) is 18.1 Å². The summed E-state index contributed by atoms with van der Waals surface area (Å²) in [5.74, 6) is 1.75. The fourth-order valence-electron chi connectivity index (χ4n) is 1.46. The van der Waals surface area contributed by atoms with Gasteiger partial charge in [-0.1, -0.05) is 26.0 Å². The van der Waals surface area contributed by atoms with Gasteiger partial charge in [0.25, 0.3) is 0 Å². The van der Waals surface area contributed by atoms with Crippen molar-refractivity contribution in [2.45, 2.75) is 20.0 Å². The fourth-order valence-corrected chi connectivity index (χ4v) is 1.46. The summed E-state index contributed by atoms with van der Waals surface area (Å²) in [5, 5.41) is 12.8. The Morgan fingerprint density at radius 3 is 2.50 bits per heavy atom. The first kappa shape index (κ1) is 14.8. The molecule has 0 amide bonds. The third-order valence-corrected chi connectivity index (χ3v) is 2.73. The Labute approximate surface area is 109 Å². The average molecular weight is 253 g/mol. The highest BCUT2D eigenvalue weighted by molar-refractivity contribution is 5.39. The molecular weight excluding hydrogens is 230 g/mol. The summed E-state index contributed by atoms with van der Waals surface area (Å²) in [5.41, 5.74) is 0. The van der Waals surface area contributed by atoms with Gasteiger partial charge in [-0.15, -0.1) is 0 Å². The number of para-hydroxylation sites is 2. The zero-order chi connectivity index (χ0) is 13.4. The topological polar surface area (TPSA) is 50.7 Å². The molecule has 102 valence electrons. The maximum atomic E-state index is 9.60. The number of benzene rings is 1. The van der Waals surface area contributed by atoms with Crippen molar-refractivity contribution in [2.24, 2.45) is 5.92 Å². The lowest BCUT2D eigenvalue weighted by atomic mass is 10.1. The van der Waals surface area contributed by atoms with Crippen LogP contribution in [-0.4, -0.2) is 38.0 Å². The zero-order valence-corrected chi connectivity index (χ0v) is 11.3. The van der Waals surface area contributed by atoms with E-state index in [4.69, 9.17) is 9.47 Å². The molecule has 0 saturated heterocycles. The molecule has 0 aromatic heterocycles. The maximum absolute atomic E-state index is 9.60. The third-order valence-electron chi connectivity index (χ3n) is 2.73. The Balaban J connectivity index is 2.22. The second-order valence-electron chi connectivity index (χ2n) is 4.51. The monoisotopic (exact) mass is 253 g/mol. The number of methoxy groups -OCH3 is 1. The quantitative estimate of drug-likeness (QED) is 0.692. The largest absolute Gasteiger partial charge is 0.493 e. The second-order valence-corrected chi connectivity index (χ2v) is 4.51. The van der Waals surface area contributed by atoms with Crippen molar-refractivity contribution in [2.75, 3.05) is 26.8 Å². The van der Waals surface area contributed by atoms with Gasteiger partial charge in [0.1, 0.15) is 6.61 Å². The number of ether oxygens (including phenoxy) is 2. The van der Waals surface area contributed by atoms with E-state index in [1.54, 1.807) is 7.11 Å². The van der Waals surface area contributed by atoms with Crippen molar-refractivity contribution in [3.8, 4) is 11.5 Å². The van der Waals surface area contributed by atoms with Gasteiger partial charge >= 0.3 is 0 Å². The SMILES string of the molecule is COc1ccccc1OCCNCC(O)C(C)C. The van der Waals surface area contributed by atoms with Crippen LogP contribution in [0.3, 0.4) is 0 Å². The van der Waals surface area contributed by atoms with E-state index < -0.39 is 0 Å². The second kappa shape index (κ2) is 7.95. The molecule has 0 aliphatic carbocycles. The number of rotatable bonds is 8. The molecular formula is C14H23NO3. The molecule has 0 aliphatic rings. The van der Waals surface area contributed by atoms with Crippen molar-refractivity contribution < 1.29 is 14.6 Å². The predicted molar refractivity (Wildman–Crippen MR) is 72.2 cm³/mol. The molecule has 0 bridgehead atoms. The summed E-state index contributed by atoms with van der Waals surface area (Å²) < 4.78 is 10.8. The molecule has 2 N–H and O–H groups in total. The minimum atomic E-state index is -0.309. The number of aliphatic hydroxyl groups excluding tert-OH is 1. The molecule has 0 fully saturated rings. The van der Waals surface area contributed by atoms with Crippen LogP contribution in [0.4, 0.5) is 0 Å². The van der Waals surface area contributed by atoms with Gasteiger partial charge in [-0.25, -0.2) is 0 Å². The molecule has 4 nitrogen and oxygen atoms in total. The van der Waals surface area contributed by atoms with Crippen LogP contribution in [0.25, 0.3) is 0 Å². The highest BCUT2D eigenvalue weighted by Crippen LogP contribution is 2.25. The van der Waals surface area contributed by atoms with Crippen LogP contribution >= 0.6 is 0 Å². The van der Waals surface area contributed by atoms with Crippen LogP contribution in [0.15, 0.2) is 24.3 Å². The van der Waals surface area contributed by atoms with Crippen molar-refractivity contribution in [3.05, 3.63) is 24.3 Å². The number of hydrogen-bond donors (Lipinski definition) is 2. The highest BCUT2D eigenvalue weighted by Gasteiger charge is 2.07. The van der Waals surface area contributed by atoms with Gasteiger partial charge in [0.2, 0.25) is 0 Å². The van der Waals surface area contributed by atoms with Crippen molar-refractivity contribution in [1.29, 1.82) is 0 Å². The van der Waals surface area contributed by atoms with Crippen molar-refractivity contribution in [3.63, 3.8) is 0 Å². The van der Waals surface area contributed by atoms with Crippen molar-refractivity contribution in [1.82, 2.24) is 5.32 Å². The van der Waals surface area contributed by atoms with Crippen LogP contribution in [0, 0.1) is 5.92 Å². The van der Waals surface area contributed by atoms with Crippen molar-refractivity contribution >= 4 is 0 Å². The van der Waals surface area contributed by atoms with E-state index in [1.807, 2.05) is 38.1 Å². The minimum Gasteiger partial charge on any atom is -0.493 e. The van der Waals surface area contributed by atoms with Crippen LogP contribution in [-0.2, 0) is 0 Å². The number of hydrogen-bond acceptors (Lipinski definition) is 4. The van der Waals surface area contributed by atoms with Gasteiger partial charge in [0.15, 0.2) is 11.5 Å².